The highest BCUT2D eigenvalue weighted by molar-refractivity contribution is 5.89. The smallest absolute Gasteiger partial charge is 0.336 e. The van der Waals surface area contributed by atoms with Crippen LogP contribution in [-0.4, -0.2) is 30.4 Å². The third-order valence-corrected chi connectivity index (χ3v) is 2.33. The summed E-state index contributed by atoms with van der Waals surface area (Å²) in [5.41, 5.74) is 0.972. The fraction of sp³-hybridized carbons (Fsp3) is 0.462. The predicted octanol–water partition coefficient (Wildman–Crippen LogP) is 2.33. The topological polar surface area (TPSA) is 55.8 Å². The molecule has 1 aromatic rings. The van der Waals surface area contributed by atoms with Crippen molar-refractivity contribution >= 4 is 5.97 Å². The minimum absolute atomic E-state index is 0.0446. The number of benzene rings is 1. The van der Waals surface area contributed by atoms with E-state index in [1.54, 1.807) is 24.3 Å². The molecular formula is C13H18O4. The van der Waals surface area contributed by atoms with Gasteiger partial charge in [-0.05, 0) is 25.5 Å². The van der Waals surface area contributed by atoms with Crippen LogP contribution in [0.25, 0.3) is 0 Å². The van der Waals surface area contributed by atoms with Gasteiger partial charge in [-0.15, -0.1) is 0 Å². The highest BCUT2D eigenvalue weighted by Gasteiger charge is 2.10. The Labute approximate surface area is 101 Å². The van der Waals surface area contributed by atoms with Crippen LogP contribution in [0.5, 0.6) is 0 Å². The second-order valence-corrected chi connectivity index (χ2v) is 3.74. The van der Waals surface area contributed by atoms with Gasteiger partial charge in [0, 0.05) is 6.61 Å². The van der Waals surface area contributed by atoms with Crippen LogP contribution < -0.4 is 0 Å². The molecule has 0 saturated carbocycles. The molecule has 4 heteroatoms. The first-order valence-corrected chi connectivity index (χ1v) is 5.65. The van der Waals surface area contributed by atoms with E-state index in [1.165, 1.54) is 0 Å². The van der Waals surface area contributed by atoms with Gasteiger partial charge in [-0.3, -0.25) is 0 Å². The van der Waals surface area contributed by atoms with Gasteiger partial charge in [-0.1, -0.05) is 18.2 Å². The molecule has 0 saturated heterocycles. The van der Waals surface area contributed by atoms with Crippen molar-refractivity contribution in [2.45, 2.75) is 26.6 Å². The lowest BCUT2D eigenvalue weighted by atomic mass is 10.1. The minimum atomic E-state index is -0.929. The van der Waals surface area contributed by atoms with Crippen molar-refractivity contribution in [3.63, 3.8) is 0 Å². The highest BCUT2D eigenvalue weighted by Crippen LogP contribution is 2.11. The molecule has 1 unspecified atom stereocenters. The van der Waals surface area contributed by atoms with Crippen LogP contribution in [0.3, 0.4) is 0 Å². The van der Waals surface area contributed by atoms with Crippen molar-refractivity contribution in [3.8, 4) is 0 Å². The van der Waals surface area contributed by atoms with E-state index in [1.807, 2.05) is 13.8 Å². The van der Waals surface area contributed by atoms with Gasteiger partial charge in [0.05, 0.1) is 24.9 Å². The molecule has 1 N–H and O–H groups in total. The Morgan fingerprint density at radius 1 is 1.41 bits per heavy atom. The Morgan fingerprint density at radius 2 is 2.12 bits per heavy atom. The Kier molecular flexibility index (Phi) is 5.66. The van der Waals surface area contributed by atoms with E-state index in [4.69, 9.17) is 14.6 Å². The molecule has 0 aromatic heterocycles. The maximum Gasteiger partial charge on any atom is 0.336 e. The number of hydrogen-bond donors (Lipinski definition) is 1. The number of hydrogen-bond acceptors (Lipinski definition) is 3. The average Bonchev–Trinajstić information content (AvgIpc) is 2.34. The molecule has 0 radical (unpaired) electrons. The fourth-order valence-corrected chi connectivity index (χ4v) is 1.42. The van der Waals surface area contributed by atoms with Crippen LogP contribution in [-0.2, 0) is 16.1 Å². The van der Waals surface area contributed by atoms with Crippen LogP contribution >= 0.6 is 0 Å². The molecule has 0 fully saturated rings. The lowest BCUT2D eigenvalue weighted by Gasteiger charge is -2.13. The Morgan fingerprint density at radius 3 is 2.76 bits per heavy atom. The monoisotopic (exact) mass is 238 g/mol. The summed E-state index contributed by atoms with van der Waals surface area (Å²) in [5, 5.41) is 8.99. The zero-order chi connectivity index (χ0) is 12.7. The molecule has 0 aliphatic carbocycles. The molecule has 1 atom stereocenters. The first-order valence-electron chi connectivity index (χ1n) is 5.65. The van der Waals surface area contributed by atoms with E-state index >= 15 is 0 Å². The van der Waals surface area contributed by atoms with Gasteiger partial charge in [-0.2, -0.15) is 0 Å². The number of ether oxygens (including phenoxy) is 2. The molecule has 0 bridgehead atoms. The molecule has 94 valence electrons. The third kappa shape index (κ3) is 4.54. The zero-order valence-electron chi connectivity index (χ0n) is 10.2. The Balaban J connectivity index is 2.54. The molecule has 0 heterocycles. The van der Waals surface area contributed by atoms with E-state index in [9.17, 15) is 4.79 Å². The molecule has 0 amide bonds. The van der Waals surface area contributed by atoms with Gasteiger partial charge >= 0.3 is 5.97 Å². The van der Waals surface area contributed by atoms with Crippen LogP contribution in [0.4, 0.5) is 0 Å². The van der Waals surface area contributed by atoms with Crippen LogP contribution in [0.15, 0.2) is 24.3 Å². The molecular weight excluding hydrogens is 220 g/mol. The minimum Gasteiger partial charge on any atom is -0.478 e. The van der Waals surface area contributed by atoms with Crippen LogP contribution in [0, 0.1) is 0 Å². The lowest BCUT2D eigenvalue weighted by Crippen LogP contribution is -2.16. The highest BCUT2D eigenvalue weighted by atomic mass is 16.5. The maximum absolute atomic E-state index is 11.0. The summed E-state index contributed by atoms with van der Waals surface area (Å²) in [4.78, 5) is 11.0. The summed E-state index contributed by atoms with van der Waals surface area (Å²) < 4.78 is 10.8. The Bertz CT molecular complexity index is 362. The van der Waals surface area contributed by atoms with E-state index in [0.717, 1.165) is 0 Å². The van der Waals surface area contributed by atoms with E-state index in [2.05, 4.69) is 0 Å². The molecule has 1 aromatic carbocycles. The quantitative estimate of drug-likeness (QED) is 0.792. The molecule has 4 nitrogen and oxygen atoms in total. The molecule has 0 aliphatic heterocycles. The number of carbonyl (C=O) groups is 1. The molecule has 1 rings (SSSR count). The van der Waals surface area contributed by atoms with Crippen molar-refractivity contribution in [2.24, 2.45) is 0 Å². The largest absolute Gasteiger partial charge is 0.478 e. The first kappa shape index (κ1) is 13.7. The SMILES string of the molecule is CCOCC(C)OCc1ccccc1C(=O)O. The number of rotatable bonds is 7. The molecule has 0 aliphatic rings. The van der Waals surface area contributed by atoms with E-state index < -0.39 is 5.97 Å². The van der Waals surface area contributed by atoms with E-state index in [0.29, 0.717) is 18.8 Å². The van der Waals surface area contributed by atoms with Gasteiger partial charge < -0.3 is 14.6 Å². The number of carboxylic acids is 1. The number of aromatic carboxylic acids is 1. The van der Waals surface area contributed by atoms with Crippen molar-refractivity contribution in [1.82, 2.24) is 0 Å². The van der Waals surface area contributed by atoms with Gasteiger partial charge in [0.25, 0.3) is 0 Å². The molecule has 17 heavy (non-hydrogen) atoms. The van der Waals surface area contributed by atoms with Gasteiger partial charge in [0.15, 0.2) is 0 Å². The van der Waals surface area contributed by atoms with Gasteiger partial charge in [0.2, 0.25) is 0 Å². The maximum atomic E-state index is 11.0. The summed E-state index contributed by atoms with van der Waals surface area (Å²) in [5.74, 6) is -0.929. The normalized spacial score (nSPS) is 12.4. The average molecular weight is 238 g/mol. The lowest BCUT2D eigenvalue weighted by molar-refractivity contribution is -0.0119. The van der Waals surface area contributed by atoms with Crippen molar-refractivity contribution in [1.29, 1.82) is 0 Å². The summed E-state index contributed by atoms with van der Waals surface area (Å²) in [6.07, 6.45) is -0.0446. The van der Waals surface area contributed by atoms with Crippen LogP contribution in [0.2, 0.25) is 0 Å². The first-order chi connectivity index (χ1) is 8.15. The zero-order valence-corrected chi connectivity index (χ0v) is 10.2. The van der Waals surface area contributed by atoms with Gasteiger partial charge in [0.1, 0.15) is 0 Å². The van der Waals surface area contributed by atoms with Crippen molar-refractivity contribution < 1.29 is 19.4 Å². The number of carboxylic acid groups (broad SMARTS) is 1. The standard InChI is InChI=1S/C13H18O4/c1-3-16-8-10(2)17-9-11-6-4-5-7-12(11)13(14)15/h4-7,10H,3,8-9H2,1-2H3,(H,14,15). The fourth-order valence-electron chi connectivity index (χ4n) is 1.42. The third-order valence-electron chi connectivity index (χ3n) is 2.33. The van der Waals surface area contributed by atoms with Crippen molar-refractivity contribution in [3.05, 3.63) is 35.4 Å². The van der Waals surface area contributed by atoms with Crippen LogP contribution in [0.1, 0.15) is 29.8 Å². The van der Waals surface area contributed by atoms with E-state index in [-0.39, 0.29) is 18.3 Å². The summed E-state index contributed by atoms with van der Waals surface area (Å²) in [6, 6.07) is 6.85. The second-order valence-electron chi connectivity index (χ2n) is 3.74. The predicted molar refractivity (Wildman–Crippen MR) is 64.1 cm³/mol. The van der Waals surface area contributed by atoms with Crippen molar-refractivity contribution in [2.75, 3.05) is 13.2 Å². The molecule has 0 spiro atoms. The summed E-state index contributed by atoms with van der Waals surface area (Å²) in [7, 11) is 0. The van der Waals surface area contributed by atoms with Gasteiger partial charge in [-0.25, -0.2) is 4.79 Å². The second kappa shape index (κ2) is 7.04. The summed E-state index contributed by atoms with van der Waals surface area (Å²) >= 11 is 0. The Hall–Kier alpha value is -1.39. The summed E-state index contributed by atoms with van der Waals surface area (Å²) in [6.45, 7) is 5.29.